The number of amides is 2. The standard InChI is InChI=1S/C44H47ClF4N10O4/c1-56-33-17-30(46)32(16-28(33)37-38(42(56)62)63-21-44(48,49)39(53-37)23-3-4-23)51-40-29(45)18-50-43(54-40)59-14-11-25(31(47)20-59)19-58-12-9-22(10-13-58)24-5-6-26-34(15-24)57(2)55-36(26)27-7-8-35(60)52-41(27)61/h5-6,15-18,22-23,25,27,31,39,53H,3-4,7-14,19-21H2,1-2H3,(H,50,51,54)(H,52,60,61). The molecule has 0 radical (unpaired) electrons. The minimum Gasteiger partial charge on any atom is -0.480 e. The summed E-state index contributed by atoms with van der Waals surface area (Å²) in [5.74, 6) is -5.09. The Morgan fingerprint density at radius 3 is 2.52 bits per heavy atom. The van der Waals surface area contributed by atoms with Crippen molar-refractivity contribution in [1.82, 2.24) is 34.5 Å². The first-order chi connectivity index (χ1) is 30.2. The zero-order valence-electron chi connectivity index (χ0n) is 34.8. The molecule has 7 heterocycles. The number of pyridine rings is 1. The smallest absolute Gasteiger partial charge is 0.301 e. The van der Waals surface area contributed by atoms with Crippen molar-refractivity contribution < 1.29 is 31.9 Å². The van der Waals surface area contributed by atoms with Gasteiger partial charge < -0.3 is 29.7 Å². The van der Waals surface area contributed by atoms with Crippen molar-refractivity contribution in [3.05, 3.63) is 69.0 Å². The molecule has 1 aliphatic carbocycles. The molecule has 4 atom stereocenters. The molecule has 0 bridgehead atoms. The van der Waals surface area contributed by atoms with Gasteiger partial charge in [-0.25, -0.2) is 22.5 Å². The second-order valence-electron chi connectivity index (χ2n) is 17.8. The number of aryl methyl sites for hydroxylation is 2. The van der Waals surface area contributed by atoms with Gasteiger partial charge in [-0.3, -0.25) is 24.4 Å². The van der Waals surface area contributed by atoms with E-state index in [4.69, 9.17) is 16.3 Å². The summed E-state index contributed by atoms with van der Waals surface area (Å²) in [5, 5.41) is 14.3. The van der Waals surface area contributed by atoms with Crippen LogP contribution in [0.5, 0.6) is 5.75 Å². The van der Waals surface area contributed by atoms with E-state index < -0.39 is 42.0 Å². The molecule has 1 saturated carbocycles. The highest BCUT2D eigenvalue weighted by Gasteiger charge is 2.51. The Balaban J connectivity index is 0.788. The number of fused-ring (bicyclic) bond motifs is 4. The second kappa shape index (κ2) is 15.9. The van der Waals surface area contributed by atoms with Crippen LogP contribution in [0.15, 0.2) is 41.3 Å². The van der Waals surface area contributed by atoms with Crippen LogP contribution in [0.2, 0.25) is 5.02 Å². The number of aromatic nitrogens is 5. The Bertz CT molecular complexity index is 2720. The van der Waals surface area contributed by atoms with Crippen molar-refractivity contribution in [2.24, 2.45) is 25.9 Å². The van der Waals surface area contributed by atoms with Crippen molar-refractivity contribution in [3.63, 3.8) is 0 Å². The van der Waals surface area contributed by atoms with E-state index in [1.807, 2.05) is 17.8 Å². The summed E-state index contributed by atoms with van der Waals surface area (Å²) in [6.07, 6.45) is 4.61. The number of carbonyl (C=O) groups is 2. The van der Waals surface area contributed by atoms with E-state index in [-0.39, 0.29) is 69.6 Å². The number of nitrogens with one attached hydrogen (secondary N) is 3. The van der Waals surface area contributed by atoms with Gasteiger partial charge in [0.1, 0.15) is 17.0 Å². The highest BCUT2D eigenvalue weighted by molar-refractivity contribution is 6.33. The van der Waals surface area contributed by atoms with E-state index in [0.717, 1.165) is 42.9 Å². The molecular weight excluding hydrogens is 844 g/mol. The summed E-state index contributed by atoms with van der Waals surface area (Å²) in [4.78, 5) is 50.6. The van der Waals surface area contributed by atoms with Gasteiger partial charge in [-0.2, -0.15) is 10.1 Å². The lowest BCUT2D eigenvalue weighted by Crippen LogP contribution is -2.47. The maximum Gasteiger partial charge on any atom is 0.301 e. The van der Waals surface area contributed by atoms with E-state index in [1.54, 1.807) is 4.90 Å². The van der Waals surface area contributed by atoms with Crippen LogP contribution in [-0.2, 0) is 23.7 Å². The molecule has 2 aromatic carbocycles. The van der Waals surface area contributed by atoms with Crippen LogP contribution >= 0.6 is 11.6 Å². The van der Waals surface area contributed by atoms with E-state index in [2.05, 4.69) is 48.0 Å². The van der Waals surface area contributed by atoms with Gasteiger partial charge in [0.05, 0.1) is 52.8 Å². The third-order valence-corrected chi connectivity index (χ3v) is 13.9. The molecule has 3 aromatic heterocycles. The summed E-state index contributed by atoms with van der Waals surface area (Å²) >= 11 is 6.52. The lowest BCUT2D eigenvalue weighted by atomic mass is 9.87. The van der Waals surface area contributed by atoms with Crippen LogP contribution in [0.25, 0.3) is 21.8 Å². The van der Waals surface area contributed by atoms with Gasteiger partial charge in [0.25, 0.3) is 5.56 Å². The number of halogens is 5. The summed E-state index contributed by atoms with van der Waals surface area (Å²) < 4.78 is 70.5. The molecule has 5 aliphatic rings. The van der Waals surface area contributed by atoms with Crippen LogP contribution in [0.4, 0.5) is 40.7 Å². The minimum absolute atomic E-state index is 0.0662. The van der Waals surface area contributed by atoms with E-state index in [1.165, 1.54) is 29.4 Å². The molecule has 4 fully saturated rings. The fourth-order valence-electron chi connectivity index (χ4n) is 9.93. The predicted molar refractivity (Wildman–Crippen MR) is 230 cm³/mol. The van der Waals surface area contributed by atoms with Crippen molar-refractivity contribution in [3.8, 4) is 5.75 Å². The van der Waals surface area contributed by atoms with E-state index in [0.29, 0.717) is 62.2 Å². The Morgan fingerprint density at radius 1 is 0.984 bits per heavy atom. The number of hydrogen-bond acceptors (Lipinski definition) is 11. The monoisotopic (exact) mass is 890 g/mol. The van der Waals surface area contributed by atoms with Gasteiger partial charge in [0.15, 0.2) is 12.4 Å². The Kier molecular flexibility index (Phi) is 10.5. The van der Waals surface area contributed by atoms with Crippen molar-refractivity contribution in [2.75, 3.05) is 54.9 Å². The van der Waals surface area contributed by atoms with E-state index in [9.17, 15) is 14.4 Å². The summed E-state index contributed by atoms with van der Waals surface area (Å²) in [6, 6.07) is 7.62. The lowest BCUT2D eigenvalue weighted by Gasteiger charge is -2.39. The molecule has 10 rings (SSSR count). The SMILES string of the molecule is Cn1nc(C2CCC(=O)NC2=O)c2ccc(C3CCN(CC4CCN(c5ncc(Cl)c(Nc6cc7c8c(c(=O)n(C)c7cc6F)OCC(F)(F)C(C6CC6)N8)n5)CC4F)CC3)cc21. The highest BCUT2D eigenvalue weighted by Crippen LogP contribution is 2.46. The molecule has 3 N–H and O–H groups in total. The lowest BCUT2D eigenvalue weighted by molar-refractivity contribution is -0.134. The quantitative estimate of drug-likeness (QED) is 0.115. The van der Waals surface area contributed by atoms with Gasteiger partial charge in [-0.05, 0) is 81.1 Å². The molecule has 4 unspecified atom stereocenters. The third kappa shape index (κ3) is 7.72. The largest absolute Gasteiger partial charge is 0.480 e. The average molecular weight is 891 g/mol. The van der Waals surface area contributed by atoms with Crippen LogP contribution in [0.3, 0.4) is 0 Å². The topological polar surface area (TPSA) is 152 Å². The molecular formula is C44H47ClF4N10O4. The van der Waals surface area contributed by atoms with Gasteiger partial charge in [0, 0.05) is 56.4 Å². The van der Waals surface area contributed by atoms with Crippen molar-refractivity contribution in [1.29, 1.82) is 0 Å². The number of benzene rings is 2. The molecule has 14 nitrogen and oxygen atoms in total. The number of carbonyl (C=O) groups excluding carboxylic acids is 2. The number of alkyl halides is 3. The van der Waals surface area contributed by atoms with Crippen molar-refractivity contribution in [2.45, 2.75) is 74.9 Å². The Morgan fingerprint density at radius 2 is 1.78 bits per heavy atom. The molecule has 0 spiro atoms. The number of nitrogens with zero attached hydrogens (tertiary/aromatic N) is 7. The fraction of sp³-hybridized carbons (Fsp3) is 0.500. The maximum atomic E-state index is 16.0. The number of anilines is 4. The molecule has 5 aromatic rings. The average Bonchev–Trinajstić information content (AvgIpc) is 4.07. The number of piperidine rings is 3. The Hall–Kier alpha value is -5.49. The second-order valence-corrected chi connectivity index (χ2v) is 18.2. The van der Waals surface area contributed by atoms with Gasteiger partial charge in [0.2, 0.25) is 23.5 Å². The summed E-state index contributed by atoms with van der Waals surface area (Å²) in [6.45, 7) is 1.90. The number of likely N-dealkylation sites (tertiary alicyclic amines) is 1. The Labute approximate surface area is 364 Å². The first-order valence-electron chi connectivity index (χ1n) is 21.6. The molecule has 3 saturated heterocycles. The number of rotatable bonds is 8. The molecule has 2 amide bonds. The maximum absolute atomic E-state index is 16.0. The molecule has 19 heteroatoms. The third-order valence-electron chi connectivity index (χ3n) is 13.7. The summed E-state index contributed by atoms with van der Waals surface area (Å²) in [7, 11) is 3.30. The van der Waals surface area contributed by atoms with Gasteiger partial charge in [-0.15, -0.1) is 0 Å². The van der Waals surface area contributed by atoms with Gasteiger partial charge in [-0.1, -0.05) is 23.7 Å². The zero-order valence-corrected chi connectivity index (χ0v) is 35.5. The molecule has 332 valence electrons. The van der Waals surface area contributed by atoms with Gasteiger partial charge >= 0.3 is 5.92 Å². The molecule has 4 aliphatic heterocycles. The van der Waals surface area contributed by atoms with Crippen molar-refractivity contribution >= 4 is 68.4 Å². The van der Waals surface area contributed by atoms with Crippen LogP contribution in [0.1, 0.15) is 68.0 Å². The predicted octanol–water partition coefficient (Wildman–Crippen LogP) is 6.53. The number of ether oxygens (including phenoxy) is 1. The normalized spacial score (nSPS) is 24.5. The summed E-state index contributed by atoms with van der Waals surface area (Å²) in [5.41, 5.74) is 2.37. The van der Waals surface area contributed by atoms with Crippen LogP contribution < -0.4 is 31.1 Å². The van der Waals surface area contributed by atoms with Crippen LogP contribution in [0, 0.1) is 17.7 Å². The van der Waals surface area contributed by atoms with Crippen LogP contribution in [-0.4, -0.2) is 98.5 Å². The van der Waals surface area contributed by atoms with E-state index >= 15 is 17.6 Å². The fourth-order valence-corrected chi connectivity index (χ4v) is 10.1. The highest BCUT2D eigenvalue weighted by atomic mass is 35.5. The number of imide groups is 1. The zero-order chi connectivity index (χ0) is 43.9. The minimum atomic E-state index is -3.23. The molecule has 63 heavy (non-hydrogen) atoms. The first-order valence-corrected chi connectivity index (χ1v) is 21.9. The first kappa shape index (κ1) is 41.5. The number of hydrogen-bond donors (Lipinski definition) is 3.